The molecule has 2 heterocycles. The number of hydrogen-bond donors (Lipinski definition) is 6. The molecule has 0 bridgehead atoms. The summed E-state index contributed by atoms with van der Waals surface area (Å²) >= 11 is 0. The van der Waals surface area contributed by atoms with Crippen LogP contribution in [0.1, 0.15) is 27.9 Å². The summed E-state index contributed by atoms with van der Waals surface area (Å²) in [5, 5.41) is 39.0. The first-order chi connectivity index (χ1) is 14.4. The van der Waals surface area contributed by atoms with Crippen LogP contribution in [0, 0.1) is 0 Å². The van der Waals surface area contributed by atoms with Gasteiger partial charge in [0.1, 0.15) is 12.3 Å². The first-order valence-electron chi connectivity index (χ1n) is 9.03. The molecule has 2 amide bonds. The summed E-state index contributed by atoms with van der Waals surface area (Å²) in [4.78, 5) is 28.9. The van der Waals surface area contributed by atoms with Crippen molar-refractivity contribution < 1.29 is 34.3 Å². The molecule has 160 valence electrons. The van der Waals surface area contributed by atoms with E-state index in [0.29, 0.717) is 5.56 Å². The van der Waals surface area contributed by atoms with Crippen LogP contribution in [0.2, 0.25) is 0 Å². The van der Waals surface area contributed by atoms with Gasteiger partial charge in [-0.1, -0.05) is 23.4 Å². The Hall–Kier alpha value is -3.04. The molecule has 0 spiro atoms. The third-order valence-electron chi connectivity index (χ3n) is 4.24. The maximum absolute atomic E-state index is 12.3. The minimum Gasteiger partial charge on any atom is -0.534 e. The second kappa shape index (κ2) is 9.64. The second-order valence-electron chi connectivity index (χ2n) is 6.47. The second-order valence-corrected chi connectivity index (χ2v) is 6.47. The molecule has 1 aliphatic heterocycles. The molecule has 13 nitrogen and oxygen atoms in total. The van der Waals surface area contributed by atoms with Crippen molar-refractivity contribution in [2.45, 2.75) is 25.2 Å². The topological polar surface area (TPSA) is 194 Å². The van der Waals surface area contributed by atoms with Gasteiger partial charge < -0.3 is 30.9 Å². The van der Waals surface area contributed by atoms with E-state index in [4.69, 9.17) is 15.2 Å². The summed E-state index contributed by atoms with van der Waals surface area (Å²) in [5.74, 6) is -1.73. The van der Waals surface area contributed by atoms with Crippen LogP contribution in [-0.4, -0.2) is 68.3 Å². The van der Waals surface area contributed by atoms with E-state index in [1.54, 1.807) is 12.1 Å². The van der Waals surface area contributed by atoms with Gasteiger partial charge in [-0.3, -0.25) is 14.4 Å². The highest BCUT2D eigenvalue weighted by Gasteiger charge is 2.37. The molecule has 7 N–H and O–H groups in total. The quantitative estimate of drug-likeness (QED) is 0.111. The highest BCUT2D eigenvalue weighted by Crippen LogP contribution is 2.32. The highest BCUT2D eigenvalue weighted by atomic mass is 16.7. The van der Waals surface area contributed by atoms with Crippen molar-refractivity contribution in [1.82, 2.24) is 25.8 Å². The number of nitrogens with one attached hydrogen (secondary N) is 2. The van der Waals surface area contributed by atoms with Crippen molar-refractivity contribution in [2.24, 2.45) is 5.73 Å². The van der Waals surface area contributed by atoms with Crippen LogP contribution in [0.25, 0.3) is 0 Å². The van der Waals surface area contributed by atoms with Gasteiger partial charge in [-0.2, -0.15) is 0 Å². The van der Waals surface area contributed by atoms with Crippen molar-refractivity contribution in [3.8, 4) is 5.75 Å². The Morgan fingerprint density at radius 1 is 1.43 bits per heavy atom. The summed E-state index contributed by atoms with van der Waals surface area (Å²) in [6.07, 6.45) is -0.275. The standard InChI is InChI=1S/C16H21BN6O7/c18-4-5-29-21-15(25)11-7-23(22-20-11)8-13(24)19-12-6-9-2-1-3-10(16(26)27)14(9)30-17(12)28/h1-3,7,12,16,26-28H,4-6,8,18H2,(H,19,24)(H,21,25)/t12-/m0/s1. The Labute approximate surface area is 170 Å². The number of carbonyl (C=O) groups is 2. The lowest BCUT2D eigenvalue weighted by Crippen LogP contribution is -2.53. The number of amides is 2. The monoisotopic (exact) mass is 420 g/mol. The molecule has 1 aromatic carbocycles. The van der Waals surface area contributed by atoms with E-state index in [-0.39, 0.29) is 43.1 Å². The largest absolute Gasteiger partial charge is 0.547 e. The molecule has 1 atom stereocenters. The van der Waals surface area contributed by atoms with Gasteiger partial charge >= 0.3 is 7.12 Å². The van der Waals surface area contributed by atoms with E-state index in [1.165, 1.54) is 12.3 Å². The molecule has 0 saturated carbocycles. The minimum atomic E-state index is -1.75. The van der Waals surface area contributed by atoms with Crippen molar-refractivity contribution in [1.29, 1.82) is 0 Å². The number of benzene rings is 1. The van der Waals surface area contributed by atoms with E-state index < -0.39 is 31.2 Å². The fraction of sp³-hybridized carbons (Fsp3) is 0.375. The Balaban J connectivity index is 1.58. The van der Waals surface area contributed by atoms with Gasteiger partial charge in [0.05, 0.1) is 18.7 Å². The number of hydroxylamine groups is 1. The van der Waals surface area contributed by atoms with Crippen LogP contribution in [0.15, 0.2) is 24.4 Å². The number of carbonyl (C=O) groups excluding carboxylic acids is 2. The molecule has 1 aromatic heterocycles. The fourth-order valence-electron chi connectivity index (χ4n) is 2.88. The van der Waals surface area contributed by atoms with Gasteiger partial charge in [0.2, 0.25) is 5.91 Å². The Morgan fingerprint density at radius 2 is 2.23 bits per heavy atom. The summed E-state index contributed by atoms with van der Waals surface area (Å²) in [6.45, 7) is 0.113. The molecule has 3 rings (SSSR count). The number of aliphatic hydroxyl groups is 2. The molecule has 14 heteroatoms. The van der Waals surface area contributed by atoms with Crippen molar-refractivity contribution in [3.63, 3.8) is 0 Å². The first kappa shape index (κ1) is 21.7. The predicted octanol–water partition coefficient (Wildman–Crippen LogP) is -2.98. The zero-order valence-corrected chi connectivity index (χ0v) is 15.8. The number of rotatable bonds is 8. The number of para-hydroxylation sites is 1. The Bertz CT molecular complexity index is 908. The molecular formula is C16H21BN6O7. The van der Waals surface area contributed by atoms with Crippen molar-refractivity contribution in [2.75, 3.05) is 13.2 Å². The van der Waals surface area contributed by atoms with Gasteiger partial charge in [-0.15, -0.1) is 5.10 Å². The van der Waals surface area contributed by atoms with E-state index in [9.17, 15) is 24.8 Å². The first-order valence-corrected chi connectivity index (χ1v) is 9.03. The zero-order chi connectivity index (χ0) is 21.7. The van der Waals surface area contributed by atoms with E-state index >= 15 is 0 Å². The average molecular weight is 420 g/mol. The molecule has 0 unspecified atom stereocenters. The third kappa shape index (κ3) is 5.11. The number of hydrogen-bond acceptors (Lipinski definition) is 10. The lowest BCUT2D eigenvalue weighted by atomic mass is 9.72. The van der Waals surface area contributed by atoms with Crippen LogP contribution in [0.5, 0.6) is 5.75 Å². The van der Waals surface area contributed by atoms with Crippen LogP contribution in [0.4, 0.5) is 0 Å². The van der Waals surface area contributed by atoms with Gasteiger partial charge in [-0.05, 0) is 12.0 Å². The number of nitrogens with two attached hydrogens (primary N) is 1. The third-order valence-corrected chi connectivity index (χ3v) is 4.24. The molecule has 0 saturated heterocycles. The van der Waals surface area contributed by atoms with Crippen LogP contribution < -0.4 is 21.2 Å². The molecular weight excluding hydrogens is 399 g/mol. The minimum absolute atomic E-state index is 0.0510. The summed E-state index contributed by atoms with van der Waals surface area (Å²) < 4.78 is 6.53. The average Bonchev–Trinajstić information content (AvgIpc) is 3.16. The zero-order valence-electron chi connectivity index (χ0n) is 15.8. The summed E-state index contributed by atoms with van der Waals surface area (Å²) in [7, 11) is -1.39. The molecule has 1 aliphatic rings. The Morgan fingerprint density at radius 3 is 2.97 bits per heavy atom. The van der Waals surface area contributed by atoms with Gasteiger partial charge in [0, 0.05) is 12.1 Å². The summed E-state index contributed by atoms with van der Waals surface area (Å²) in [6, 6.07) is 4.78. The number of aliphatic hydroxyl groups excluding tert-OH is 1. The fourth-order valence-corrected chi connectivity index (χ4v) is 2.88. The van der Waals surface area contributed by atoms with Crippen molar-refractivity contribution >= 4 is 18.9 Å². The maximum Gasteiger partial charge on any atom is 0.547 e. The predicted molar refractivity (Wildman–Crippen MR) is 100 cm³/mol. The van der Waals surface area contributed by atoms with E-state index in [1.807, 2.05) is 0 Å². The molecule has 0 fully saturated rings. The van der Waals surface area contributed by atoms with Crippen LogP contribution >= 0.6 is 0 Å². The molecule has 0 radical (unpaired) electrons. The number of aromatic nitrogens is 3. The Kier molecular flexibility index (Phi) is 6.97. The number of nitrogens with zero attached hydrogens (tertiary/aromatic N) is 3. The van der Waals surface area contributed by atoms with Crippen LogP contribution in [-0.2, 0) is 22.6 Å². The number of fused-ring (bicyclic) bond motifs is 1. The van der Waals surface area contributed by atoms with Crippen molar-refractivity contribution in [3.05, 3.63) is 41.2 Å². The van der Waals surface area contributed by atoms with Gasteiger partial charge in [0.15, 0.2) is 12.0 Å². The smallest absolute Gasteiger partial charge is 0.534 e. The maximum atomic E-state index is 12.3. The SMILES string of the molecule is NCCONC(=O)c1cn(CC(=O)N[C@H]2Cc3cccc(C(O)O)c3OB2O)nn1. The summed E-state index contributed by atoms with van der Waals surface area (Å²) in [5.41, 5.74) is 8.06. The lowest BCUT2D eigenvalue weighted by molar-refractivity contribution is -0.122. The highest BCUT2D eigenvalue weighted by molar-refractivity contribution is 6.46. The van der Waals surface area contributed by atoms with Crippen LogP contribution in [0.3, 0.4) is 0 Å². The van der Waals surface area contributed by atoms with E-state index in [0.717, 1.165) is 4.68 Å². The molecule has 0 aliphatic carbocycles. The normalized spacial score (nSPS) is 15.5. The molecule has 2 aromatic rings. The van der Waals surface area contributed by atoms with E-state index in [2.05, 4.69) is 21.1 Å². The molecule has 30 heavy (non-hydrogen) atoms. The van der Waals surface area contributed by atoms with Gasteiger partial charge in [0.25, 0.3) is 5.91 Å². The van der Waals surface area contributed by atoms with Gasteiger partial charge in [-0.25, -0.2) is 10.2 Å². The lowest BCUT2D eigenvalue weighted by Gasteiger charge is -2.29.